The summed E-state index contributed by atoms with van der Waals surface area (Å²) in [4.78, 5) is 32.1. The van der Waals surface area contributed by atoms with Crippen molar-refractivity contribution in [3.63, 3.8) is 0 Å². The molecule has 3 heterocycles. The van der Waals surface area contributed by atoms with E-state index in [2.05, 4.69) is 10.1 Å². The molecule has 1 aliphatic rings. The van der Waals surface area contributed by atoms with Crippen molar-refractivity contribution < 1.29 is 32.2 Å². The molecule has 3 aromatic rings. The Balaban J connectivity index is 1.71. The van der Waals surface area contributed by atoms with Gasteiger partial charge in [0, 0.05) is 31.7 Å². The molecule has 1 aliphatic heterocycles. The minimum absolute atomic E-state index is 0.00688. The molecule has 0 N–H and O–H groups in total. The topological polar surface area (TPSA) is 89.3 Å². The summed E-state index contributed by atoms with van der Waals surface area (Å²) in [6, 6.07) is 7.24. The van der Waals surface area contributed by atoms with Crippen LogP contribution in [0.5, 0.6) is 5.75 Å². The molecule has 2 amide bonds. The van der Waals surface area contributed by atoms with Gasteiger partial charge in [-0.15, -0.1) is 0 Å². The van der Waals surface area contributed by atoms with E-state index in [1.54, 1.807) is 31.2 Å². The first-order chi connectivity index (χ1) is 16.6. The highest BCUT2D eigenvalue weighted by Crippen LogP contribution is 2.35. The third-order valence-electron chi connectivity index (χ3n) is 5.48. The second-order valence-corrected chi connectivity index (χ2v) is 8.01. The summed E-state index contributed by atoms with van der Waals surface area (Å²) >= 11 is 6.36. The van der Waals surface area contributed by atoms with E-state index >= 15 is 0 Å². The normalized spacial score (nSPS) is 14.3. The van der Waals surface area contributed by atoms with Crippen LogP contribution in [0.1, 0.15) is 23.1 Å². The summed E-state index contributed by atoms with van der Waals surface area (Å²) in [5.41, 5.74) is -1.41. The molecule has 0 radical (unpaired) electrons. The maximum Gasteiger partial charge on any atom is 0.433 e. The van der Waals surface area contributed by atoms with Crippen LogP contribution in [0.3, 0.4) is 0 Å². The SMILES string of the molecule is CCOC(=O)N1CCN(C(=O)c2nn3c(C(F)(F)F)cc(-c4cccc(OC)c4)nc3c2Cl)CC1. The number of halogens is 4. The monoisotopic (exact) mass is 511 g/mol. The molecule has 0 bridgehead atoms. The van der Waals surface area contributed by atoms with Gasteiger partial charge >= 0.3 is 12.3 Å². The van der Waals surface area contributed by atoms with E-state index in [0.717, 1.165) is 6.07 Å². The van der Waals surface area contributed by atoms with Crippen molar-refractivity contribution in [3.8, 4) is 17.0 Å². The van der Waals surface area contributed by atoms with Crippen molar-refractivity contribution >= 4 is 29.2 Å². The number of aromatic nitrogens is 3. The van der Waals surface area contributed by atoms with Crippen molar-refractivity contribution in [2.75, 3.05) is 39.9 Å². The van der Waals surface area contributed by atoms with Gasteiger partial charge < -0.3 is 19.3 Å². The summed E-state index contributed by atoms with van der Waals surface area (Å²) in [6.45, 7) is 2.63. The third kappa shape index (κ3) is 4.83. The number of nitrogens with zero attached hydrogens (tertiary/aromatic N) is 5. The van der Waals surface area contributed by atoms with Crippen molar-refractivity contribution in [1.29, 1.82) is 0 Å². The van der Waals surface area contributed by atoms with Crippen LogP contribution >= 0.6 is 11.6 Å². The number of alkyl halides is 3. The van der Waals surface area contributed by atoms with Gasteiger partial charge in [0.1, 0.15) is 10.8 Å². The van der Waals surface area contributed by atoms with Crippen LogP contribution < -0.4 is 4.74 Å². The summed E-state index contributed by atoms with van der Waals surface area (Å²) < 4.78 is 52.4. The van der Waals surface area contributed by atoms with Gasteiger partial charge in [-0.2, -0.15) is 18.3 Å². The lowest BCUT2D eigenvalue weighted by Crippen LogP contribution is -2.50. The number of hydrogen-bond donors (Lipinski definition) is 0. The Morgan fingerprint density at radius 1 is 1.11 bits per heavy atom. The van der Waals surface area contributed by atoms with Crippen molar-refractivity contribution in [2.45, 2.75) is 13.1 Å². The van der Waals surface area contributed by atoms with Crippen LogP contribution in [-0.4, -0.2) is 76.3 Å². The molecule has 0 saturated carbocycles. The zero-order valence-corrected chi connectivity index (χ0v) is 19.6. The Morgan fingerprint density at radius 2 is 1.80 bits per heavy atom. The molecular formula is C22H21ClF3N5O4. The quantitative estimate of drug-likeness (QED) is 0.526. The molecule has 0 aliphatic carbocycles. The molecule has 35 heavy (non-hydrogen) atoms. The molecule has 2 aromatic heterocycles. The number of rotatable bonds is 4. The molecule has 1 aromatic carbocycles. The maximum atomic E-state index is 13.9. The van der Waals surface area contributed by atoms with Gasteiger partial charge in [0.05, 0.1) is 19.4 Å². The second kappa shape index (κ2) is 9.61. The lowest BCUT2D eigenvalue weighted by atomic mass is 10.1. The summed E-state index contributed by atoms with van der Waals surface area (Å²) in [7, 11) is 1.44. The zero-order chi connectivity index (χ0) is 25.3. The van der Waals surface area contributed by atoms with Gasteiger partial charge in [0.15, 0.2) is 17.0 Å². The summed E-state index contributed by atoms with van der Waals surface area (Å²) in [6.07, 6.45) is -5.29. The molecule has 0 spiro atoms. The number of ether oxygens (including phenoxy) is 2. The van der Waals surface area contributed by atoms with Crippen molar-refractivity contribution in [1.82, 2.24) is 24.4 Å². The molecule has 186 valence electrons. The van der Waals surface area contributed by atoms with Gasteiger partial charge in [-0.25, -0.2) is 14.3 Å². The number of piperazine rings is 1. The highest BCUT2D eigenvalue weighted by atomic mass is 35.5. The molecule has 13 heteroatoms. The number of hydrogen-bond acceptors (Lipinski definition) is 6. The first-order valence-electron chi connectivity index (χ1n) is 10.7. The number of amides is 2. The van der Waals surface area contributed by atoms with Crippen molar-refractivity contribution in [2.24, 2.45) is 0 Å². The van der Waals surface area contributed by atoms with Crippen LogP contribution in [0.15, 0.2) is 30.3 Å². The lowest BCUT2D eigenvalue weighted by molar-refractivity contribution is -0.142. The van der Waals surface area contributed by atoms with Gasteiger partial charge in [-0.3, -0.25) is 4.79 Å². The van der Waals surface area contributed by atoms with E-state index in [4.69, 9.17) is 21.1 Å². The highest BCUT2D eigenvalue weighted by molar-refractivity contribution is 6.36. The average Bonchev–Trinajstić information content (AvgIpc) is 3.18. The number of benzene rings is 1. The number of methoxy groups -OCH3 is 1. The van der Waals surface area contributed by atoms with E-state index in [1.807, 2.05) is 0 Å². The maximum absolute atomic E-state index is 13.9. The molecular weight excluding hydrogens is 491 g/mol. The zero-order valence-electron chi connectivity index (χ0n) is 18.8. The van der Waals surface area contributed by atoms with E-state index < -0.39 is 23.9 Å². The number of fused-ring (bicyclic) bond motifs is 1. The average molecular weight is 512 g/mol. The number of carbonyl (C=O) groups excluding carboxylic acids is 2. The Bertz CT molecular complexity index is 1270. The smallest absolute Gasteiger partial charge is 0.433 e. The Hall–Kier alpha value is -3.54. The van der Waals surface area contributed by atoms with Crippen LogP contribution in [0, 0.1) is 0 Å². The van der Waals surface area contributed by atoms with E-state index in [9.17, 15) is 22.8 Å². The van der Waals surface area contributed by atoms with E-state index in [0.29, 0.717) is 15.8 Å². The number of carbonyl (C=O) groups is 2. The largest absolute Gasteiger partial charge is 0.497 e. The second-order valence-electron chi connectivity index (χ2n) is 7.63. The Labute approximate surface area is 203 Å². The molecule has 1 saturated heterocycles. The van der Waals surface area contributed by atoms with E-state index in [1.165, 1.54) is 16.9 Å². The predicted molar refractivity (Wildman–Crippen MR) is 119 cm³/mol. The summed E-state index contributed by atoms with van der Waals surface area (Å²) in [5.74, 6) is -0.213. The van der Waals surface area contributed by atoms with Crippen LogP contribution in [0.25, 0.3) is 16.9 Å². The van der Waals surface area contributed by atoms with Crippen LogP contribution in [0.2, 0.25) is 5.02 Å². The van der Waals surface area contributed by atoms with Gasteiger partial charge in [-0.05, 0) is 25.1 Å². The molecule has 0 atom stereocenters. The van der Waals surface area contributed by atoms with Gasteiger partial charge in [-0.1, -0.05) is 23.7 Å². The minimum atomic E-state index is -4.80. The first kappa shape index (κ1) is 24.6. The molecule has 1 fully saturated rings. The van der Waals surface area contributed by atoms with Crippen molar-refractivity contribution in [3.05, 3.63) is 46.7 Å². The Kier molecular flexibility index (Phi) is 6.75. The predicted octanol–water partition coefficient (Wildman–Crippen LogP) is 3.99. The van der Waals surface area contributed by atoms with Crippen LogP contribution in [0.4, 0.5) is 18.0 Å². The fourth-order valence-corrected chi connectivity index (χ4v) is 3.96. The fraction of sp³-hybridized carbons (Fsp3) is 0.364. The minimum Gasteiger partial charge on any atom is -0.497 e. The molecule has 0 unspecified atom stereocenters. The fourth-order valence-electron chi connectivity index (χ4n) is 3.72. The lowest BCUT2D eigenvalue weighted by Gasteiger charge is -2.33. The standard InChI is InChI=1S/C22H21ClF3N5O4/c1-3-35-21(33)30-9-7-29(8-10-30)20(32)18-17(23)19-27-15(13-5-4-6-14(11-13)34-2)12-16(22(24,25)26)31(19)28-18/h4-6,11-12H,3,7-10H2,1-2H3. The molecule has 9 nitrogen and oxygen atoms in total. The third-order valence-corrected chi connectivity index (χ3v) is 5.83. The first-order valence-corrected chi connectivity index (χ1v) is 11.0. The van der Waals surface area contributed by atoms with Gasteiger partial charge in [0.25, 0.3) is 5.91 Å². The highest BCUT2D eigenvalue weighted by Gasteiger charge is 2.37. The summed E-state index contributed by atoms with van der Waals surface area (Å²) in [5, 5.41) is 3.59. The molecule has 4 rings (SSSR count). The Morgan fingerprint density at radius 3 is 2.43 bits per heavy atom. The van der Waals surface area contributed by atoms with E-state index in [-0.39, 0.29) is 54.8 Å². The van der Waals surface area contributed by atoms with Gasteiger partial charge in [0.2, 0.25) is 0 Å². The van der Waals surface area contributed by atoms with Crippen LogP contribution in [-0.2, 0) is 10.9 Å².